The topological polar surface area (TPSA) is 175 Å². The van der Waals surface area contributed by atoms with Crippen molar-refractivity contribution >= 4 is 11.9 Å². The highest BCUT2D eigenvalue weighted by atomic mass is 16.7. The molecule has 1 fully saturated rings. The van der Waals surface area contributed by atoms with E-state index in [0.29, 0.717) is 19.4 Å². The average Bonchev–Trinajstić information content (AvgIpc) is 2.27. The van der Waals surface area contributed by atoms with Crippen molar-refractivity contribution in [1.82, 2.24) is 5.32 Å². The molecule has 87 heavy (non-hydrogen) atoms. The van der Waals surface area contributed by atoms with Crippen LogP contribution < -0.4 is 5.32 Å². The molecule has 11 heteroatoms. The Kier molecular flexibility index (Phi) is 62.7. The van der Waals surface area contributed by atoms with Crippen LogP contribution in [0, 0.1) is 0 Å². The van der Waals surface area contributed by atoms with E-state index in [1.165, 1.54) is 308 Å². The third-order valence-corrected chi connectivity index (χ3v) is 18.3. The van der Waals surface area contributed by atoms with Gasteiger partial charge in [-0.3, -0.25) is 9.59 Å². The summed E-state index contributed by atoms with van der Waals surface area (Å²) in [6.07, 6.45) is 73.5. The van der Waals surface area contributed by atoms with Crippen molar-refractivity contribution in [2.45, 2.75) is 429 Å². The van der Waals surface area contributed by atoms with E-state index in [2.05, 4.69) is 31.3 Å². The van der Waals surface area contributed by atoms with Crippen LogP contribution in [0.2, 0.25) is 0 Å². The Morgan fingerprint density at radius 1 is 0.414 bits per heavy atom. The van der Waals surface area contributed by atoms with Crippen LogP contribution in [0.3, 0.4) is 0 Å². The first-order valence-corrected chi connectivity index (χ1v) is 38.1. The molecular formula is C76H145NO10. The van der Waals surface area contributed by atoms with Crippen LogP contribution in [0.1, 0.15) is 386 Å². The van der Waals surface area contributed by atoms with E-state index >= 15 is 0 Å². The monoisotopic (exact) mass is 1230 g/mol. The number of ether oxygens (including phenoxy) is 3. The molecule has 1 heterocycles. The second-order valence-corrected chi connectivity index (χ2v) is 26.7. The third-order valence-electron chi connectivity index (χ3n) is 18.3. The van der Waals surface area contributed by atoms with Gasteiger partial charge < -0.3 is 45.1 Å². The number of hydrogen-bond donors (Lipinski definition) is 6. The molecule has 0 spiro atoms. The Labute approximate surface area is 537 Å². The van der Waals surface area contributed by atoms with Gasteiger partial charge in [0.25, 0.3) is 0 Å². The fraction of sp³-hybridized carbons (Fsp3) is 0.921. The number of esters is 1. The van der Waals surface area contributed by atoms with Crippen molar-refractivity contribution < 1.29 is 49.3 Å². The highest BCUT2D eigenvalue weighted by Gasteiger charge is 2.44. The van der Waals surface area contributed by atoms with E-state index in [1.807, 2.05) is 6.08 Å². The second kappa shape index (κ2) is 65.6. The summed E-state index contributed by atoms with van der Waals surface area (Å²) in [5.41, 5.74) is 0. The van der Waals surface area contributed by atoms with Crippen molar-refractivity contribution in [3.8, 4) is 0 Å². The lowest BCUT2D eigenvalue weighted by molar-refractivity contribution is -0.302. The number of allylic oxidation sites excluding steroid dienone is 3. The van der Waals surface area contributed by atoms with Gasteiger partial charge in [0.05, 0.1) is 32.0 Å². The fourth-order valence-corrected chi connectivity index (χ4v) is 12.3. The summed E-state index contributed by atoms with van der Waals surface area (Å²) in [7, 11) is 0. The van der Waals surface area contributed by atoms with E-state index in [0.717, 1.165) is 51.4 Å². The largest absolute Gasteiger partial charge is 0.466 e. The quantitative estimate of drug-likeness (QED) is 0.0195. The number of amides is 1. The molecule has 6 N–H and O–H groups in total. The van der Waals surface area contributed by atoms with Gasteiger partial charge in [-0.2, -0.15) is 0 Å². The van der Waals surface area contributed by atoms with E-state index in [9.17, 15) is 35.1 Å². The highest BCUT2D eigenvalue weighted by molar-refractivity contribution is 5.76. The van der Waals surface area contributed by atoms with Gasteiger partial charge in [-0.1, -0.05) is 340 Å². The Morgan fingerprint density at radius 3 is 1.10 bits per heavy atom. The van der Waals surface area contributed by atoms with E-state index in [1.54, 1.807) is 6.08 Å². The Bertz CT molecular complexity index is 1490. The zero-order valence-electron chi connectivity index (χ0n) is 57.3. The number of hydrogen-bond acceptors (Lipinski definition) is 10. The molecule has 0 aromatic heterocycles. The number of rotatable bonds is 68. The Balaban J connectivity index is 1.90. The van der Waals surface area contributed by atoms with Gasteiger partial charge in [0, 0.05) is 12.8 Å². The minimum atomic E-state index is -1.57. The lowest BCUT2D eigenvalue weighted by atomic mass is 9.99. The minimum absolute atomic E-state index is 0.0156. The second-order valence-electron chi connectivity index (χ2n) is 26.7. The summed E-state index contributed by atoms with van der Waals surface area (Å²) in [4.78, 5) is 25.1. The van der Waals surface area contributed by atoms with Crippen molar-refractivity contribution in [3.05, 3.63) is 24.3 Å². The van der Waals surface area contributed by atoms with Crippen LogP contribution in [0.4, 0.5) is 0 Å². The van der Waals surface area contributed by atoms with Crippen molar-refractivity contribution in [3.63, 3.8) is 0 Å². The van der Waals surface area contributed by atoms with Gasteiger partial charge in [0.1, 0.15) is 24.4 Å². The van der Waals surface area contributed by atoms with Crippen molar-refractivity contribution in [1.29, 1.82) is 0 Å². The molecule has 0 bridgehead atoms. The van der Waals surface area contributed by atoms with Gasteiger partial charge in [-0.25, -0.2) is 0 Å². The first-order chi connectivity index (χ1) is 42.7. The van der Waals surface area contributed by atoms with Crippen molar-refractivity contribution in [2.24, 2.45) is 0 Å². The molecular weight excluding hydrogens is 1090 g/mol. The summed E-state index contributed by atoms with van der Waals surface area (Å²) >= 11 is 0. The van der Waals surface area contributed by atoms with E-state index in [4.69, 9.17) is 14.2 Å². The molecule has 1 aliphatic heterocycles. The normalized spacial score (nSPS) is 17.9. The molecule has 1 saturated heterocycles. The zero-order valence-corrected chi connectivity index (χ0v) is 57.3. The number of carbonyl (C=O) groups is 2. The Morgan fingerprint density at radius 2 is 0.736 bits per heavy atom. The molecule has 0 aromatic carbocycles. The van der Waals surface area contributed by atoms with Crippen LogP contribution >= 0.6 is 0 Å². The molecule has 1 rings (SSSR count). The molecule has 0 radical (unpaired) electrons. The summed E-state index contributed by atoms with van der Waals surface area (Å²) in [6, 6.07) is -0.806. The van der Waals surface area contributed by atoms with Gasteiger partial charge in [-0.05, 0) is 57.8 Å². The van der Waals surface area contributed by atoms with E-state index < -0.39 is 49.5 Å². The molecule has 11 nitrogen and oxygen atoms in total. The summed E-state index contributed by atoms with van der Waals surface area (Å²) < 4.78 is 16.7. The highest BCUT2D eigenvalue weighted by Crippen LogP contribution is 2.24. The molecule has 7 unspecified atom stereocenters. The van der Waals surface area contributed by atoms with Crippen LogP contribution in [0.25, 0.3) is 0 Å². The number of unbranched alkanes of at least 4 members (excludes halogenated alkanes) is 52. The summed E-state index contributed by atoms with van der Waals surface area (Å²) in [5.74, 6) is -0.161. The zero-order chi connectivity index (χ0) is 63.0. The number of nitrogens with one attached hydrogen (secondary N) is 1. The molecule has 7 atom stereocenters. The number of carbonyl (C=O) groups excluding carboxylic acids is 2. The van der Waals surface area contributed by atoms with Crippen LogP contribution in [-0.2, 0) is 23.8 Å². The summed E-state index contributed by atoms with van der Waals surface area (Å²) in [5, 5.41) is 54.4. The number of aliphatic hydroxyl groups excluding tert-OH is 5. The van der Waals surface area contributed by atoms with E-state index in [-0.39, 0.29) is 18.5 Å². The Hall–Kier alpha value is -1.86. The van der Waals surface area contributed by atoms with Crippen LogP contribution in [0.15, 0.2) is 24.3 Å². The predicted molar refractivity (Wildman–Crippen MR) is 366 cm³/mol. The first kappa shape index (κ1) is 83.2. The molecule has 0 saturated carbocycles. The lowest BCUT2D eigenvalue weighted by Gasteiger charge is -2.40. The first-order valence-electron chi connectivity index (χ1n) is 38.1. The average molecular weight is 1230 g/mol. The standard InChI is InChI=1S/C76H145NO10/c1-3-5-7-9-11-13-42-46-50-54-58-62-69(79)68(67-86-76-75(84)74(83)73(82)70(66-78)87-76)77-71(80)63-59-55-51-47-44-40-38-36-34-32-30-28-26-24-22-20-18-16-15-17-19-21-23-25-27-29-31-33-35-37-39-41-45-49-53-57-61-65-85-72(81)64-60-56-52-48-43-14-12-10-8-6-4-2/h15,17,58,62,68-70,73-76,78-79,82-84H,3-14,16,18-57,59-61,63-67H2,1-2H3,(H,77,80)/b17-15-,62-58+. The molecule has 1 aliphatic rings. The maximum absolute atomic E-state index is 13.1. The minimum Gasteiger partial charge on any atom is -0.466 e. The SMILES string of the molecule is CCCCCCCCCCC/C=C/C(O)C(COC1OC(CO)C(O)C(O)C1O)NC(=O)CCCCCCCCCCCCCCCCCCC/C=C\CCCCCCCCCCCCCCCCCCOC(=O)CCCCCCCCCCCCC. The maximum Gasteiger partial charge on any atom is 0.305 e. The van der Waals surface area contributed by atoms with Gasteiger partial charge in [-0.15, -0.1) is 0 Å². The molecule has 0 aromatic rings. The predicted octanol–water partition coefficient (Wildman–Crippen LogP) is 20.0. The van der Waals surface area contributed by atoms with Gasteiger partial charge in [0.2, 0.25) is 5.91 Å². The van der Waals surface area contributed by atoms with Crippen LogP contribution in [0.5, 0.6) is 0 Å². The molecule has 1 amide bonds. The van der Waals surface area contributed by atoms with Crippen molar-refractivity contribution in [2.75, 3.05) is 19.8 Å². The lowest BCUT2D eigenvalue weighted by Crippen LogP contribution is -2.60. The van der Waals surface area contributed by atoms with Gasteiger partial charge in [0.15, 0.2) is 6.29 Å². The smallest absolute Gasteiger partial charge is 0.305 e. The fourth-order valence-electron chi connectivity index (χ4n) is 12.3. The molecule has 514 valence electrons. The number of aliphatic hydroxyl groups is 5. The van der Waals surface area contributed by atoms with Crippen LogP contribution in [-0.4, -0.2) is 100 Å². The maximum atomic E-state index is 13.1. The van der Waals surface area contributed by atoms with Gasteiger partial charge >= 0.3 is 5.97 Å². The third kappa shape index (κ3) is 54.4. The summed E-state index contributed by atoms with van der Waals surface area (Å²) in [6.45, 7) is 4.38. The molecule has 0 aliphatic carbocycles.